The molecule has 0 spiro atoms. The fourth-order valence-corrected chi connectivity index (χ4v) is 16.1. The normalized spacial score (nSPS) is 15.2. The van der Waals surface area contributed by atoms with Crippen LogP contribution in [0.15, 0.2) is 12.7 Å². The van der Waals surface area contributed by atoms with Crippen molar-refractivity contribution in [2.24, 2.45) is 0 Å². The maximum atomic E-state index is 11.6. The molecule has 0 aliphatic heterocycles. The van der Waals surface area contributed by atoms with Gasteiger partial charge in [-0.25, -0.2) is 0 Å². The number of allylic oxidation sites excluding steroid dienone is 1. The van der Waals surface area contributed by atoms with Gasteiger partial charge in [-0.05, 0) is 71.4 Å². The Morgan fingerprint density at radius 1 is 0.917 bits per heavy atom. The third kappa shape index (κ3) is 10.2. The molecule has 0 fully saturated rings. The van der Waals surface area contributed by atoms with Crippen LogP contribution in [-0.2, 0) is 17.1 Å². The summed E-state index contributed by atoms with van der Waals surface area (Å²) < 4.78 is 19.3. The van der Waals surface area contributed by atoms with Gasteiger partial charge in [0.05, 0.1) is 0 Å². The zero-order chi connectivity index (χ0) is 19.4. The average Bonchev–Trinajstić information content (AvgIpc) is 2.28. The van der Waals surface area contributed by atoms with Gasteiger partial charge < -0.3 is 17.5 Å². The first kappa shape index (κ1) is 24.1. The molecule has 0 amide bonds. The lowest BCUT2D eigenvalue weighted by Crippen LogP contribution is -2.67. The van der Waals surface area contributed by atoms with E-state index < -0.39 is 39.5 Å². The van der Waals surface area contributed by atoms with Crippen molar-refractivity contribution in [3.63, 3.8) is 0 Å². The van der Waals surface area contributed by atoms with Gasteiger partial charge >= 0.3 is 8.80 Å². The molecule has 9 heteroatoms. The van der Waals surface area contributed by atoms with Gasteiger partial charge in [-0.1, -0.05) is 6.58 Å². The van der Waals surface area contributed by atoms with Crippen LogP contribution in [0.3, 0.4) is 0 Å². The molecule has 0 aromatic heterocycles. The first-order chi connectivity index (χ1) is 10.5. The zero-order valence-corrected chi connectivity index (χ0v) is 20.9. The molecular formula is C15H36O5Si4. The molecule has 1 N–H and O–H groups in total. The molecule has 1 unspecified atom stereocenters. The molecule has 0 aliphatic rings. The van der Waals surface area contributed by atoms with Gasteiger partial charge in [0.15, 0.2) is 30.7 Å². The van der Waals surface area contributed by atoms with E-state index in [-0.39, 0.29) is 18.6 Å². The molecule has 5 nitrogen and oxygen atoms in total. The van der Waals surface area contributed by atoms with Crippen LogP contribution in [0.4, 0.5) is 0 Å². The molecule has 0 bridgehead atoms. The van der Waals surface area contributed by atoms with Crippen molar-refractivity contribution in [2.45, 2.75) is 77.5 Å². The van der Waals surface area contributed by atoms with Crippen LogP contribution in [0.5, 0.6) is 0 Å². The van der Waals surface area contributed by atoms with Crippen LogP contribution in [0.1, 0.15) is 12.8 Å². The molecule has 0 radical (unpaired) electrons. The summed E-state index contributed by atoms with van der Waals surface area (Å²) in [5.41, 5.74) is -0.897. The summed E-state index contributed by atoms with van der Waals surface area (Å²) in [6.45, 7) is 22.1. The number of ketones is 1. The molecule has 0 saturated carbocycles. The molecule has 142 valence electrons. The minimum Gasteiger partial charge on any atom is -0.415 e. The lowest BCUT2D eigenvalue weighted by Gasteiger charge is -2.44. The minimum absolute atomic E-state index is 0.0917. The standard InChI is InChI=1S/C15H36O5Si4/c1-11-14(16)12-13-15(17)24(18-21(2,3)4,19-22(5,6)7)20-23(8,9)10/h11,15,17H,1,12-13H2,2-10H3. The highest BCUT2D eigenvalue weighted by atomic mass is 28.5. The molecule has 24 heavy (non-hydrogen) atoms. The summed E-state index contributed by atoms with van der Waals surface area (Å²) in [6.07, 6.45) is 1.78. The summed E-state index contributed by atoms with van der Waals surface area (Å²) in [5.74, 6) is -0.0917. The fourth-order valence-electron chi connectivity index (χ4n) is 2.10. The highest BCUT2D eigenvalue weighted by Gasteiger charge is 2.55. The summed E-state index contributed by atoms with van der Waals surface area (Å²) in [4.78, 5) is 11.6. The largest absolute Gasteiger partial charge is 0.499 e. The lowest BCUT2D eigenvalue weighted by atomic mass is 10.2. The number of carbonyl (C=O) groups is 1. The Morgan fingerprint density at radius 2 is 1.25 bits per heavy atom. The Kier molecular flexibility index (Phi) is 8.71. The Hall–Kier alpha value is 0.118. The van der Waals surface area contributed by atoms with Crippen molar-refractivity contribution in [1.82, 2.24) is 0 Å². The maximum absolute atomic E-state index is 11.6. The fraction of sp³-hybridized carbons (Fsp3) is 0.800. The Morgan fingerprint density at radius 3 is 1.50 bits per heavy atom. The van der Waals surface area contributed by atoms with E-state index in [1.54, 1.807) is 0 Å². The van der Waals surface area contributed by atoms with E-state index in [1.165, 1.54) is 6.08 Å². The van der Waals surface area contributed by atoms with Crippen LogP contribution in [0, 0.1) is 0 Å². The van der Waals surface area contributed by atoms with E-state index >= 15 is 0 Å². The molecule has 0 rings (SSSR count). The lowest BCUT2D eigenvalue weighted by molar-refractivity contribution is -0.115. The van der Waals surface area contributed by atoms with Gasteiger partial charge in [-0.15, -0.1) is 0 Å². The molecule has 0 aromatic carbocycles. The highest BCUT2D eigenvalue weighted by molar-refractivity contribution is 6.90. The summed E-state index contributed by atoms with van der Waals surface area (Å²) in [5, 5.41) is 11.0. The highest BCUT2D eigenvalue weighted by Crippen LogP contribution is 2.30. The van der Waals surface area contributed by atoms with Crippen LogP contribution >= 0.6 is 0 Å². The monoisotopic (exact) mass is 408 g/mol. The van der Waals surface area contributed by atoms with Crippen molar-refractivity contribution in [3.8, 4) is 0 Å². The van der Waals surface area contributed by atoms with E-state index in [2.05, 4.69) is 65.5 Å². The maximum Gasteiger partial charge on any atom is 0.499 e. The zero-order valence-electron chi connectivity index (χ0n) is 16.9. The van der Waals surface area contributed by atoms with E-state index in [0.717, 1.165) is 0 Å². The van der Waals surface area contributed by atoms with Gasteiger partial charge in [-0.3, -0.25) is 4.79 Å². The number of aliphatic hydroxyl groups excluding tert-OH is 1. The van der Waals surface area contributed by atoms with E-state index in [1.807, 2.05) is 0 Å². The third-order valence-electron chi connectivity index (χ3n) is 2.65. The number of hydrogen-bond acceptors (Lipinski definition) is 5. The van der Waals surface area contributed by atoms with Crippen molar-refractivity contribution in [1.29, 1.82) is 0 Å². The molecule has 0 heterocycles. The van der Waals surface area contributed by atoms with Gasteiger partial charge in [0.1, 0.15) is 5.73 Å². The summed E-state index contributed by atoms with van der Waals surface area (Å²) in [7, 11) is -9.42. The van der Waals surface area contributed by atoms with Gasteiger partial charge in [0.25, 0.3) is 0 Å². The predicted octanol–water partition coefficient (Wildman–Crippen LogP) is 3.92. The van der Waals surface area contributed by atoms with Crippen LogP contribution < -0.4 is 0 Å². The van der Waals surface area contributed by atoms with E-state index in [9.17, 15) is 9.90 Å². The van der Waals surface area contributed by atoms with Gasteiger partial charge in [0, 0.05) is 6.42 Å². The smallest absolute Gasteiger partial charge is 0.415 e. The van der Waals surface area contributed by atoms with Crippen LogP contribution in [-0.4, -0.2) is 50.4 Å². The van der Waals surface area contributed by atoms with Crippen molar-refractivity contribution < 1.29 is 22.2 Å². The Bertz CT molecular complexity index is 394. The summed E-state index contributed by atoms with van der Waals surface area (Å²) >= 11 is 0. The Labute approximate surface area is 152 Å². The number of aliphatic hydroxyl groups is 1. The third-order valence-corrected chi connectivity index (χ3v) is 14.5. The van der Waals surface area contributed by atoms with Crippen molar-refractivity contribution in [2.75, 3.05) is 0 Å². The molecule has 1 atom stereocenters. The Balaban J connectivity index is 5.76. The van der Waals surface area contributed by atoms with Crippen LogP contribution in [0.25, 0.3) is 0 Å². The van der Waals surface area contributed by atoms with Crippen molar-refractivity contribution >= 4 is 39.5 Å². The molecule has 0 aliphatic carbocycles. The molecule has 0 aromatic rings. The van der Waals surface area contributed by atoms with Gasteiger partial charge in [0.2, 0.25) is 0 Å². The molecular weight excluding hydrogens is 373 g/mol. The van der Waals surface area contributed by atoms with E-state index in [4.69, 9.17) is 12.3 Å². The quantitative estimate of drug-likeness (QED) is 0.415. The van der Waals surface area contributed by atoms with Gasteiger partial charge in [-0.2, -0.15) is 0 Å². The minimum atomic E-state index is -3.33. The average molecular weight is 409 g/mol. The van der Waals surface area contributed by atoms with Crippen molar-refractivity contribution in [3.05, 3.63) is 12.7 Å². The first-order valence-corrected chi connectivity index (χ1v) is 20.5. The SMILES string of the molecule is C=CC(=O)CCC(O)[Si](O[Si](C)(C)C)(O[Si](C)(C)C)O[Si](C)(C)C. The second-order valence-electron chi connectivity index (χ2n) is 8.97. The van der Waals surface area contributed by atoms with E-state index in [0.29, 0.717) is 0 Å². The first-order valence-electron chi connectivity index (χ1n) is 8.43. The number of rotatable bonds is 11. The molecule has 0 saturated heterocycles. The topological polar surface area (TPSA) is 65.0 Å². The van der Waals surface area contributed by atoms with Crippen LogP contribution in [0.2, 0.25) is 58.9 Å². The predicted molar refractivity (Wildman–Crippen MR) is 109 cm³/mol. The number of carbonyl (C=O) groups excluding carboxylic acids is 1. The second kappa shape index (κ2) is 8.67. The number of hydrogen-bond donors (Lipinski definition) is 1. The second-order valence-corrected chi connectivity index (χ2v) is 26.0. The summed E-state index contributed by atoms with van der Waals surface area (Å²) in [6, 6.07) is 0.